The predicted molar refractivity (Wildman–Crippen MR) is 76.4 cm³/mol. The lowest BCUT2D eigenvalue weighted by molar-refractivity contribution is 0.232. The van der Waals surface area contributed by atoms with Crippen LogP contribution in [0.15, 0.2) is 24.3 Å². The Morgan fingerprint density at radius 2 is 1.78 bits per heavy atom. The van der Waals surface area contributed by atoms with Crippen molar-refractivity contribution in [2.75, 3.05) is 13.2 Å². The molecule has 0 fully saturated rings. The molecule has 0 spiro atoms. The van der Waals surface area contributed by atoms with E-state index >= 15 is 0 Å². The molecule has 0 aromatic heterocycles. The smallest absolute Gasteiger partial charge is 0.122 e. The van der Waals surface area contributed by atoms with Gasteiger partial charge in [-0.3, -0.25) is 0 Å². The summed E-state index contributed by atoms with van der Waals surface area (Å²) >= 11 is 0. The summed E-state index contributed by atoms with van der Waals surface area (Å²) in [6.45, 7) is 7.97. The molecule has 1 aromatic rings. The van der Waals surface area contributed by atoms with Gasteiger partial charge in [-0.05, 0) is 31.4 Å². The van der Waals surface area contributed by atoms with Gasteiger partial charge >= 0.3 is 0 Å². The quantitative estimate of drug-likeness (QED) is 0.633. The number of unbranched alkanes of at least 4 members (excludes halogenated alkanes) is 1. The van der Waals surface area contributed by atoms with Crippen molar-refractivity contribution < 1.29 is 9.47 Å². The van der Waals surface area contributed by atoms with E-state index in [0.717, 1.165) is 18.1 Å². The lowest BCUT2D eigenvalue weighted by atomic mass is 10.0. The average molecular weight is 250 g/mol. The molecule has 1 unspecified atom stereocenters. The second-order valence-corrected chi connectivity index (χ2v) is 4.64. The first-order valence-corrected chi connectivity index (χ1v) is 7.15. The molecule has 2 nitrogen and oxygen atoms in total. The first kappa shape index (κ1) is 14.9. The van der Waals surface area contributed by atoms with Gasteiger partial charge in [0, 0.05) is 6.07 Å². The van der Waals surface area contributed by atoms with Crippen LogP contribution in [0.3, 0.4) is 0 Å². The maximum absolute atomic E-state index is 5.86. The van der Waals surface area contributed by atoms with Crippen LogP contribution in [0.5, 0.6) is 11.5 Å². The van der Waals surface area contributed by atoms with Crippen molar-refractivity contribution in [2.45, 2.75) is 46.5 Å². The minimum Gasteiger partial charge on any atom is -0.494 e. The molecule has 0 amide bonds. The minimum atomic E-state index is 0.667. The van der Waals surface area contributed by atoms with Crippen molar-refractivity contribution >= 4 is 0 Å². The summed E-state index contributed by atoms with van der Waals surface area (Å²) in [6, 6.07) is 7.91. The van der Waals surface area contributed by atoms with Crippen molar-refractivity contribution in [3.05, 3.63) is 24.3 Å². The third kappa shape index (κ3) is 5.44. The van der Waals surface area contributed by atoms with E-state index in [1.807, 2.05) is 31.2 Å². The summed E-state index contributed by atoms with van der Waals surface area (Å²) in [6.07, 6.45) is 5.00. The van der Waals surface area contributed by atoms with Crippen LogP contribution in [-0.2, 0) is 0 Å². The summed E-state index contributed by atoms with van der Waals surface area (Å²) in [5.41, 5.74) is 0. The minimum absolute atomic E-state index is 0.667. The Bertz CT molecular complexity index is 323. The Labute approximate surface area is 111 Å². The average Bonchev–Trinajstić information content (AvgIpc) is 2.40. The third-order valence-electron chi connectivity index (χ3n) is 3.15. The van der Waals surface area contributed by atoms with E-state index in [1.165, 1.54) is 25.7 Å². The van der Waals surface area contributed by atoms with E-state index in [4.69, 9.17) is 9.47 Å². The summed E-state index contributed by atoms with van der Waals surface area (Å²) in [5.74, 6) is 2.47. The Morgan fingerprint density at radius 3 is 2.39 bits per heavy atom. The van der Waals surface area contributed by atoms with E-state index in [0.29, 0.717) is 12.5 Å². The van der Waals surface area contributed by atoms with Crippen LogP contribution in [0.1, 0.15) is 46.5 Å². The number of benzene rings is 1. The zero-order valence-electron chi connectivity index (χ0n) is 11.9. The number of hydrogen-bond acceptors (Lipinski definition) is 2. The molecule has 1 rings (SSSR count). The molecular weight excluding hydrogens is 224 g/mol. The molecule has 0 N–H and O–H groups in total. The topological polar surface area (TPSA) is 18.5 Å². The lowest BCUT2D eigenvalue weighted by Crippen LogP contribution is -2.11. The Hall–Kier alpha value is -1.18. The van der Waals surface area contributed by atoms with Gasteiger partial charge in [-0.1, -0.05) is 39.2 Å². The van der Waals surface area contributed by atoms with Crippen LogP contribution in [0.25, 0.3) is 0 Å². The van der Waals surface area contributed by atoms with Crippen LogP contribution in [0.4, 0.5) is 0 Å². The molecule has 1 atom stereocenters. The van der Waals surface area contributed by atoms with E-state index in [2.05, 4.69) is 13.8 Å². The fourth-order valence-corrected chi connectivity index (χ4v) is 1.93. The molecular formula is C16H26O2. The first-order valence-electron chi connectivity index (χ1n) is 7.15. The molecule has 2 heteroatoms. The molecule has 102 valence electrons. The van der Waals surface area contributed by atoms with Gasteiger partial charge in [-0.25, -0.2) is 0 Å². The SMILES string of the molecule is CCCCC(CC)COc1cccc(OCC)c1. The van der Waals surface area contributed by atoms with Crippen LogP contribution in [0, 0.1) is 5.92 Å². The van der Waals surface area contributed by atoms with Crippen LogP contribution in [0.2, 0.25) is 0 Å². The largest absolute Gasteiger partial charge is 0.494 e. The van der Waals surface area contributed by atoms with Gasteiger partial charge in [-0.2, -0.15) is 0 Å². The second-order valence-electron chi connectivity index (χ2n) is 4.64. The third-order valence-corrected chi connectivity index (χ3v) is 3.15. The van der Waals surface area contributed by atoms with Crippen LogP contribution >= 0.6 is 0 Å². The molecule has 0 aliphatic carbocycles. The molecule has 0 aliphatic rings. The van der Waals surface area contributed by atoms with Crippen LogP contribution < -0.4 is 9.47 Å². The zero-order valence-corrected chi connectivity index (χ0v) is 11.9. The van der Waals surface area contributed by atoms with Gasteiger partial charge in [0.15, 0.2) is 0 Å². The molecule has 0 saturated carbocycles. The molecule has 1 aromatic carbocycles. The summed E-state index contributed by atoms with van der Waals surface area (Å²) < 4.78 is 11.3. The molecule has 0 bridgehead atoms. The van der Waals surface area contributed by atoms with Crippen molar-refractivity contribution in [3.8, 4) is 11.5 Å². The Kier molecular flexibility index (Phi) is 7.31. The fraction of sp³-hybridized carbons (Fsp3) is 0.625. The van der Waals surface area contributed by atoms with Crippen molar-refractivity contribution in [3.63, 3.8) is 0 Å². The predicted octanol–water partition coefficient (Wildman–Crippen LogP) is 4.68. The summed E-state index contributed by atoms with van der Waals surface area (Å²) in [7, 11) is 0. The zero-order chi connectivity index (χ0) is 13.2. The van der Waals surface area contributed by atoms with Crippen molar-refractivity contribution in [2.24, 2.45) is 5.92 Å². The summed E-state index contributed by atoms with van der Waals surface area (Å²) in [5, 5.41) is 0. The van der Waals surface area contributed by atoms with E-state index in [9.17, 15) is 0 Å². The normalized spacial score (nSPS) is 12.2. The maximum Gasteiger partial charge on any atom is 0.122 e. The van der Waals surface area contributed by atoms with Gasteiger partial charge in [-0.15, -0.1) is 0 Å². The molecule has 18 heavy (non-hydrogen) atoms. The number of hydrogen-bond donors (Lipinski definition) is 0. The van der Waals surface area contributed by atoms with Crippen LogP contribution in [-0.4, -0.2) is 13.2 Å². The van der Waals surface area contributed by atoms with E-state index in [-0.39, 0.29) is 0 Å². The fourth-order valence-electron chi connectivity index (χ4n) is 1.93. The van der Waals surface area contributed by atoms with Gasteiger partial charge in [0.05, 0.1) is 13.2 Å². The Balaban J connectivity index is 2.43. The number of ether oxygens (including phenoxy) is 2. The first-order chi connectivity index (χ1) is 8.80. The highest BCUT2D eigenvalue weighted by Crippen LogP contribution is 2.21. The van der Waals surface area contributed by atoms with E-state index in [1.54, 1.807) is 0 Å². The second kappa shape index (κ2) is 8.84. The summed E-state index contributed by atoms with van der Waals surface area (Å²) in [4.78, 5) is 0. The number of rotatable bonds is 9. The Morgan fingerprint density at radius 1 is 1.06 bits per heavy atom. The molecule has 0 aliphatic heterocycles. The molecule has 0 saturated heterocycles. The van der Waals surface area contributed by atoms with E-state index < -0.39 is 0 Å². The molecule has 0 heterocycles. The monoisotopic (exact) mass is 250 g/mol. The molecule has 0 radical (unpaired) electrons. The van der Waals surface area contributed by atoms with Gasteiger partial charge in [0.1, 0.15) is 11.5 Å². The highest BCUT2D eigenvalue weighted by atomic mass is 16.5. The maximum atomic E-state index is 5.86. The van der Waals surface area contributed by atoms with Gasteiger partial charge in [0.2, 0.25) is 0 Å². The van der Waals surface area contributed by atoms with Crippen molar-refractivity contribution in [1.82, 2.24) is 0 Å². The van der Waals surface area contributed by atoms with Gasteiger partial charge < -0.3 is 9.47 Å². The lowest BCUT2D eigenvalue weighted by Gasteiger charge is -2.16. The highest BCUT2D eigenvalue weighted by Gasteiger charge is 2.07. The van der Waals surface area contributed by atoms with Gasteiger partial charge in [0.25, 0.3) is 0 Å². The standard InChI is InChI=1S/C16H26O2/c1-4-7-9-14(5-2)13-18-16-11-8-10-15(12-16)17-6-3/h8,10-12,14H,4-7,9,13H2,1-3H3. The highest BCUT2D eigenvalue weighted by molar-refractivity contribution is 5.32. The van der Waals surface area contributed by atoms with Crippen molar-refractivity contribution in [1.29, 1.82) is 0 Å².